The lowest BCUT2D eigenvalue weighted by Gasteiger charge is -2.38. The molecule has 4 heteroatoms. The van der Waals surface area contributed by atoms with E-state index in [9.17, 15) is 4.79 Å². The summed E-state index contributed by atoms with van der Waals surface area (Å²) in [7, 11) is 1.81. The van der Waals surface area contributed by atoms with Crippen molar-refractivity contribution in [2.45, 2.75) is 88.5 Å². The van der Waals surface area contributed by atoms with Crippen LogP contribution >= 0.6 is 0 Å². The standard InChI is InChI=1S/C40H47N3O/c1-43-38(44)40(42-39(43)41,23-22-28-10-3-2-4-11-28)27-29-12-9-17-34(24-29)37(35-20-18-30-13-5-7-15-32(30)25-35)36-21-19-31-14-6-8-16-33(31)26-36/h5-8,13-16,18-21,25-26,28-29,34,37H,2-4,9-12,17,22-24,27H2,1H3,(H2,41,42)/t29-,34?,40+/m0/s1. The summed E-state index contributed by atoms with van der Waals surface area (Å²) in [5.74, 6) is 2.50. The lowest BCUT2D eigenvalue weighted by molar-refractivity contribution is -0.131. The second-order valence-electron chi connectivity index (χ2n) is 14.1. The van der Waals surface area contributed by atoms with Crippen LogP contribution in [0.25, 0.3) is 21.5 Å². The van der Waals surface area contributed by atoms with E-state index in [-0.39, 0.29) is 5.91 Å². The predicted octanol–water partition coefficient (Wildman–Crippen LogP) is 9.21. The molecule has 2 fully saturated rings. The first-order chi connectivity index (χ1) is 21.5. The second-order valence-corrected chi connectivity index (χ2v) is 14.1. The first-order valence-corrected chi connectivity index (χ1v) is 17.1. The molecule has 0 radical (unpaired) electrons. The molecule has 0 bridgehead atoms. The van der Waals surface area contributed by atoms with Gasteiger partial charge in [0.05, 0.1) is 0 Å². The average Bonchev–Trinajstić information content (AvgIpc) is 3.27. The van der Waals surface area contributed by atoms with Gasteiger partial charge in [-0.1, -0.05) is 130 Å². The minimum atomic E-state index is -0.690. The van der Waals surface area contributed by atoms with Gasteiger partial charge in [-0.05, 0) is 82.5 Å². The Morgan fingerprint density at radius 2 is 1.36 bits per heavy atom. The smallest absolute Gasteiger partial charge is 0.257 e. The minimum Gasteiger partial charge on any atom is -0.369 e. The van der Waals surface area contributed by atoms with Crippen molar-refractivity contribution in [3.05, 3.63) is 96.1 Å². The number of likely N-dealkylation sites (N-methyl/N-ethyl adjacent to an activating group) is 1. The van der Waals surface area contributed by atoms with Crippen LogP contribution in [0.1, 0.15) is 94.1 Å². The van der Waals surface area contributed by atoms with E-state index in [1.807, 2.05) is 7.05 Å². The number of fused-ring (bicyclic) bond motifs is 2. The van der Waals surface area contributed by atoms with Crippen LogP contribution in [0.2, 0.25) is 0 Å². The van der Waals surface area contributed by atoms with Crippen molar-refractivity contribution in [2.24, 2.45) is 28.5 Å². The summed E-state index contributed by atoms with van der Waals surface area (Å²) < 4.78 is 0. The Kier molecular flexibility index (Phi) is 8.18. The quantitative estimate of drug-likeness (QED) is 0.224. The van der Waals surface area contributed by atoms with Crippen molar-refractivity contribution in [2.75, 3.05) is 7.05 Å². The van der Waals surface area contributed by atoms with E-state index in [2.05, 4.69) is 84.9 Å². The van der Waals surface area contributed by atoms with Crippen LogP contribution in [0.15, 0.2) is 89.9 Å². The fourth-order valence-electron chi connectivity index (χ4n) is 8.91. The molecule has 1 aliphatic heterocycles. The van der Waals surface area contributed by atoms with Crippen LogP contribution in [0, 0.1) is 17.8 Å². The Morgan fingerprint density at radius 1 is 0.773 bits per heavy atom. The predicted molar refractivity (Wildman–Crippen MR) is 183 cm³/mol. The molecule has 1 unspecified atom stereocenters. The number of hydrogen-bond donors (Lipinski definition) is 1. The molecule has 2 N–H and O–H groups in total. The van der Waals surface area contributed by atoms with Gasteiger partial charge in [0.1, 0.15) is 5.54 Å². The third-order valence-electron chi connectivity index (χ3n) is 11.3. The molecule has 0 spiro atoms. The normalized spacial score (nSPS) is 24.8. The van der Waals surface area contributed by atoms with E-state index in [0.29, 0.717) is 23.7 Å². The molecule has 3 aliphatic rings. The number of carbonyl (C=O) groups is 1. The number of guanidine groups is 1. The van der Waals surface area contributed by atoms with Gasteiger partial charge in [0.2, 0.25) is 0 Å². The third-order valence-corrected chi connectivity index (χ3v) is 11.3. The van der Waals surface area contributed by atoms with Crippen molar-refractivity contribution in [3.8, 4) is 0 Å². The summed E-state index contributed by atoms with van der Waals surface area (Å²) >= 11 is 0. The Hall–Kier alpha value is -3.66. The van der Waals surface area contributed by atoms with Crippen molar-refractivity contribution >= 4 is 33.4 Å². The van der Waals surface area contributed by atoms with Crippen LogP contribution in [-0.2, 0) is 4.79 Å². The van der Waals surface area contributed by atoms with Gasteiger partial charge in [0.25, 0.3) is 5.91 Å². The summed E-state index contributed by atoms with van der Waals surface area (Å²) in [5, 5.41) is 5.17. The number of carbonyl (C=O) groups excluding carboxylic acids is 1. The van der Waals surface area contributed by atoms with E-state index in [1.54, 1.807) is 4.90 Å². The molecule has 1 amide bonds. The molecule has 228 valence electrons. The highest BCUT2D eigenvalue weighted by Crippen LogP contribution is 2.47. The summed E-state index contributed by atoms with van der Waals surface area (Å²) in [4.78, 5) is 20.4. The molecule has 0 aromatic heterocycles. The van der Waals surface area contributed by atoms with Gasteiger partial charge in [-0.25, -0.2) is 4.99 Å². The Balaban J connectivity index is 1.20. The molecule has 4 aromatic rings. The summed E-state index contributed by atoms with van der Waals surface area (Å²) in [6.07, 6.45) is 14.0. The third kappa shape index (κ3) is 5.76. The van der Waals surface area contributed by atoms with Gasteiger partial charge in [0, 0.05) is 13.0 Å². The van der Waals surface area contributed by atoms with Crippen molar-refractivity contribution in [1.29, 1.82) is 0 Å². The van der Waals surface area contributed by atoms with Crippen LogP contribution in [0.5, 0.6) is 0 Å². The molecule has 0 saturated heterocycles. The van der Waals surface area contributed by atoms with Crippen LogP contribution < -0.4 is 5.73 Å². The number of benzene rings is 4. The number of rotatable bonds is 8. The van der Waals surface area contributed by atoms with Gasteiger partial charge >= 0.3 is 0 Å². The van der Waals surface area contributed by atoms with E-state index < -0.39 is 5.54 Å². The zero-order valence-corrected chi connectivity index (χ0v) is 26.3. The molecular weight excluding hydrogens is 538 g/mol. The monoisotopic (exact) mass is 585 g/mol. The SMILES string of the molecule is CN1C(=O)[C@@](CCC2CCCCC2)(C[C@H]2CCCC(C(c3ccc4ccccc4c3)c3ccc4ccccc4c3)C2)N=C1N. The Morgan fingerprint density at radius 3 is 1.95 bits per heavy atom. The van der Waals surface area contributed by atoms with E-state index >= 15 is 0 Å². The van der Waals surface area contributed by atoms with Gasteiger partial charge in [-0.2, -0.15) is 0 Å². The second kappa shape index (κ2) is 12.4. The van der Waals surface area contributed by atoms with Crippen molar-refractivity contribution < 1.29 is 4.79 Å². The lowest BCUT2D eigenvalue weighted by Crippen LogP contribution is -2.44. The summed E-state index contributed by atoms with van der Waals surface area (Å²) in [5.41, 5.74) is 8.44. The van der Waals surface area contributed by atoms with E-state index in [1.165, 1.54) is 77.6 Å². The number of nitrogens with two attached hydrogens (primary N) is 1. The van der Waals surface area contributed by atoms with E-state index in [4.69, 9.17) is 10.7 Å². The fourth-order valence-corrected chi connectivity index (χ4v) is 8.91. The van der Waals surface area contributed by atoms with Crippen LogP contribution in [0.4, 0.5) is 0 Å². The van der Waals surface area contributed by atoms with E-state index in [0.717, 1.165) is 38.0 Å². The van der Waals surface area contributed by atoms with Gasteiger partial charge in [-0.15, -0.1) is 0 Å². The number of aliphatic imine (C=N–C) groups is 1. The average molecular weight is 586 g/mol. The molecule has 44 heavy (non-hydrogen) atoms. The molecule has 3 atom stereocenters. The van der Waals surface area contributed by atoms with Crippen molar-refractivity contribution in [1.82, 2.24) is 4.90 Å². The first-order valence-electron chi connectivity index (χ1n) is 17.1. The topological polar surface area (TPSA) is 58.7 Å². The van der Waals surface area contributed by atoms with Gasteiger partial charge in [-0.3, -0.25) is 9.69 Å². The highest BCUT2D eigenvalue weighted by molar-refractivity contribution is 6.06. The maximum atomic E-state index is 13.8. The molecule has 2 aliphatic carbocycles. The Bertz CT molecular complexity index is 1590. The zero-order valence-electron chi connectivity index (χ0n) is 26.3. The molecule has 2 saturated carbocycles. The highest BCUT2D eigenvalue weighted by Gasteiger charge is 2.48. The highest BCUT2D eigenvalue weighted by atomic mass is 16.2. The summed E-state index contributed by atoms with van der Waals surface area (Å²) in [6, 6.07) is 31.6. The first kappa shape index (κ1) is 29.1. The Labute approximate surface area is 262 Å². The maximum absolute atomic E-state index is 13.8. The van der Waals surface area contributed by atoms with Gasteiger partial charge in [0.15, 0.2) is 5.96 Å². The molecule has 4 nitrogen and oxygen atoms in total. The molecule has 7 rings (SSSR count). The van der Waals surface area contributed by atoms with Crippen LogP contribution in [0.3, 0.4) is 0 Å². The molecule has 1 heterocycles. The number of hydrogen-bond acceptors (Lipinski definition) is 3. The zero-order chi connectivity index (χ0) is 30.1. The van der Waals surface area contributed by atoms with Crippen molar-refractivity contribution in [3.63, 3.8) is 0 Å². The van der Waals surface area contributed by atoms with Crippen LogP contribution in [-0.4, -0.2) is 29.4 Å². The number of nitrogens with zero attached hydrogens (tertiary/aromatic N) is 2. The van der Waals surface area contributed by atoms with Gasteiger partial charge < -0.3 is 5.73 Å². The number of amides is 1. The largest absolute Gasteiger partial charge is 0.369 e. The lowest BCUT2D eigenvalue weighted by atomic mass is 9.67. The minimum absolute atomic E-state index is 0.119. The molecular formula is C40H47N3O. The summed E-state index contributed by atoms with van der Waals surface area (Å²) in [6.45, 7) is 0. The fraction of sp³-hybridized carbons (Fsp3) is 0.450. The maximum Gasteiger partial charge on any atom is 0.257 e. The molecule has 4 aromatic carbocycles.